The average molecular weight is 462 g/mol. The van der Waals surface area contributed by atoms with Crippen molar-refractivity contribution in [1.82, 2.24) is 20.9 Å². The van der Waals surface area contributed by atoms with Crippen LogP contribution < -0.4 is 20.9 Å². The number of nitrogens with one attached hydrogen (secondary N) is 3. The third kappa shape index (κ3) is 6.64. The fourth-order valence-electron chi connectivity index (χ4n) is 3.69. The molecule has 2 aliphatic rings. The van der Waals surface area contributed by atoms with Crippen LogP contribution in [0, 0.1) is 0 Å². The number of hydrogen-bond donors (Lipinski definition) is 3. The van der Waals surface area contributed by atoms with Gasteiger partial charge in [-0.3, -0.25) is 19.7 Å². The first-order valence-electron chi connectivity index (χ1n) is 11.0. The van der Waals surface area contributed by atoms with Crippen molar-refractivity contribution in [1.29, 1.82) is 0 Å². The van der Waals surface area contributed by atoms with Crippen LogP contribution >= 0.6 is 0 Å². The number of urea groups is 1. The maximum atomic E-state index is 12.3. The molecule has 11 heteroatoms. The van der Waals surface area contributed by atoms with E-state index in [1.807, 2.05) is 4.90 Å². The Bertz CT molecular complexity index is 888. The van der Waals surface area contributed by atoms with Gasteiger partial charge in [-0.1, -0.05) is 0 Å². The number of carbonyl (C=O) groups excluding carboxylic acids is 4. The van der Waals surface area contributed by atoms with E-state index in [4.69, 9.17) is 9.47 Å². The van der Waals surface area contributed by atoms with Crippen molar-refractivity contribution in [3.63, 3.8) is 0 Å². The molecule has 180 valence electrons. The van der Waals surface area contributed by atoms with Crippen LogP contribution in [-0.2, 0) is 19.1 Å². The summed E-state index contributed by atoms with van der Waals surface area (Å²) in [4.78, 5) is 53.8. The smallest absolute Gasteiger partial charge is 0.322 e. The molecule has 2 fully saturated rings. The minimum Gasteiger partial charge on any atom is -0.460 e. The Morgan fingerprint density at radius 1 is 1.18 bits per heavy atom. The minimum atomic E-state index is -0.831. The number of piperidine rings is 1. The number of imide groups is 1. The van der Waals surface area contributed by atoms with E-state index in [1.165, 1.54) is 6.20 Å². The second-order valence-electron chi connectivity index (χ2n) is 9.09. The van der Waals surface area contributed by atoms with Crippen molar-refractivity contribution < 1.29 is 28.7 Å². The van der Waals surface area contributed by atoms with Crippen LogP contribution in [0.4, 0.5) is 10.6 Å². The second-order valence-corrected chi connectivity index (χ2v) is 9.09. The van der Waals surface area contributed by atoms with Crippen molar-refractivity contribution >= 4 is 29.6 Å². The molecule has 11 nitrogen and oxygen atoms in total. The highest BCUT2D eigenvalue weighted by molar-refractivity contribution is 6.07. The summed E-state index contributed by atoms with van der Waals surface area (Å²) < 4.78 is 10.6. The molecule has 3 heterocycles. The molecule has 1 spiro atoms. The molecule has 0 unspecified atom stereocenters. The van der Waals surface area contributed by atoms with Gasteiger partial charge in [0.05, 0.1) is 25.2 Å². The zero-order valence-corrected chi connectivity index (χ0v) is 19.2. The highest BCUT2D eigenvalue weighted by atomic mass is 16.6. The number of aromatic nitrogens is 1. The van der Waals surface area contributed by atoms with Crippen LogP contribution in [0.3, 0.4) is 0 Å². The molecule has 2 saturated heterocycles. The molecule has 0 aliphatic carbocycles. The van der Waals surface area contributed by atoms with Crippen molar-refractivity contribution in [2.24, 2.45) is 0 Å². The molecular weight excluding hydrogens is 430 g/mol. The van der Waals surface area contributed by atoms with E-state index < -0.39 is 17.2 Å². The number of rotatable bonds is 8. The molecule has 0 saturated carbocycles. The lowest BCUT2D eigenvalue weighted by atomic mass is 9.88. The monoisotopic (exact) mass is 461 g/mol. The van der Waals surface area contributed by atoms with Crippen LogP contribution in [0.5, 0.6) is 0 Å². The van der Waals surface area contributed by atoms with E-state index in [2.05, 4.69) is 20.9 Å². The highest BCUT2D eigenvalue weighted by Gasteiger charge is 2.47. The van der Waals surface area contributed by atoms with Gasteiger partial charge >= 0.3 is 12.0 Å². The van der Waals surface area contributed by atoms with Gasteiger partial charge in [-0.15, -0.1) is 0 Å². The van der Waals surface area contributed by atoms with Gasteiger partial charge in [0, 0.05) is 25.8 Å². The first-order valence-corrected chi connectivity index (χ1v) is 11.0. The highest BCUT2D eigenvalue weighted by Crippen LogP contribution is 2.27. The standard InChI is InChI=1S/C22H31N5O6/c1-21(2,3)33-17(28)6-12-32-13-9-23-18(29)15-4-5-16(24-14-15)27-10-7-22(8-11-27)19(30)25-20(31)26-22/h4-5,14H,6-13H2,1-3H3,(H,23,29)(H2,25,26,30,31). The Morgan fingerprint density at radius 2 is 1.91 bits per heavy atom. The summed E-state index contributed by atoms with van der Waals surface area (Å²) in [6.45, 7) is 7.35. The Morgan fingerprint density at radius 3 is 2.48 bits per heavy atom. The van der Waals surface area contributed by atoms with E-state index in [9.17, 15) is 19.2 Å². The van der Waals surface area contributed by atoms with Crippen molar-refractivity contribution in [2.45, 2.75) is 51.2 Å². The predicted octanol–water partition coefficient (Wildman–Crippen LogP) is 0.738. The van der Waals surface area contributed by atoms with Crippen LogP contribution in [-0.4, -0.2) is 72.8 Å². The summed E-state index contributed by atoms with van der Waals surface area (Å²) in [5.41, 5.74) is -0.930. The van der Waals surface area contributed by atoms with E-state index in [1.54, 1.807) is 32.9 Å². The van der Waals surface area contributed by atoms with Crippen LogP contribution in [0.25, 0.3) is 0 Å². The first kappa shape index (κ1) is 24.4. The first-order chi connectivity index (χ1) is 15.6. The number of anilines is 1. The molecular formula is C22H31N5O6. The zero-order valence-electron chi connectivity index (χ0n) is 19.2. The maximum absolute atomic E-state index is 12.3. The molecule has 2 aliphatic heterocycles. The van der Waals surface area contributed by atoms with E-state index >= 15 is 0 Å². The fraction of sp³-hybridized carbons (Fsp3) is 0.591. The van der Waals surface area contributed by atoms with Crippen molar-refractivity contribution in [3.8, 4) is 0 Å². The van der Waals surface area contributed by atoms with E-state index in [-0.39, 0.29) is 37.4 Å². The quantitative estimate of drug-likeness (QED) is 0.293. The molecule has 1 aromatic heterocycles. The third-order valence-electron chi connectivity index (χ3n) is 5.37. The summed E-state index contributed by atoms with van der Waals surface area (Å²) in [5.74, 6) is -0.164. The fourth-order valence-corrected chi connectivity index (χ4v) is 3.69. The Labute approximate surface area is 192 Å². The molecule has 0 radical (unpaired) electrons. The summed E-state index contributed by atoms with van der Waals surface area (Å²) in [6.07, 6.45) is 2.64. The number of carbonyl (C=O) groups is 4. The normalized spacial score (nSPS) is 17.5. The van der Waals surface area contributed by atoms with Gasteiger partial charge in [0.25, 0.3) is 11.8 Å². The third-order valence-corrected chi connectivity index (χ3v) is 5.37. The summed E-state index contributed by atoms with van der Waals surface area (Å²) in [7, 11) is 0. The number of esters is 1. The van der Waals surface area contributed by atoms with Gasteiger partial charge in [0.2, 0.25) is 0 Å². The average Bonchev–Trinajstić information content (AvgIpc) is 3.02. The molecule has 0 bridgehead atoms. The zero-order chi connectivity index (χ0) is 24.1. The molecule has 1 aromatic rings. The van der Waals surface area contributed by atoms with Gasteiger partial charge in [-0.2, -0.15) is 0 Å². The summed E-state index contributed by atoms with van der Waals surface area (Å²) >= 11 is 0. The molecule has 33 heavy (non-hydrogen) atoms. The molecule has 4 amide bonds. The summed E-state index contributed by atoms with van der Waals surface area (Å²) in [6, 6.07) is 3.00. The van der Waals surface area contributed by atoms with Gasteiger partial charge in [-0.05, 0) is 45.7 Å². The Kier molecular flexibility index (Phi) is 7.52. The number of nitrogens with zero attached hydrogens (tertiary/aromatic N) is 2. The van der Waals surface area contributed by atoms with E-state index in [0.717, 1.165) is 0 Å². The van der Waals surface area contributed by atoms with Crippen molar-refractivity contribution in [2.75, 3.05) is 37.7 Å². The van der Waals surface area contributed by atoms with Crippen LogP contribution in [0.1, 0.15) is 50.4 Å². The SMILES string of the molecule is CC(C)(C)OC(=O)CCOCCNC(=O)c1ccc(N2CCC3(CC2)NC(=O)NC3=O)nc1. The van der Waals surface area contributed by atoms with Gasteiger partial charge < -0.3 is 25.0 Å². The largest absolute Gasteiger partial charge is 0.460 e. The van der Waals surface area contributed by atoms with Crippen molar-refractivity contribution in [3.05, 3.63) is 23.9 Å². The van der Waals surface area contributed by atoms with Gasteiger partial charge in [-0.25, -0.2) is 9.78 Å². The summed E-state index contributed by atoms with van der Waals surface area (Å²) in [5, 5.41) is 7.77. The lowest BCUT2D eigenvalue weighted by molar-refractivity contribution is -0.156. The molecule has 0 atom stereocenters. The maximum Gasteiger partial charge on any atom is 0.322 e. The predicted molar refractivity (Wildman–Crippen MR) is 119 cm³/mol. The van der Waals surface area contributed by atoms with Crippen LogP contribution in [0.2, 0.25) is 0 Å². The molecule has 3 N–H and O–H groups in total. The van der Waals surface area contributed by atoms with Crippen LogP contribution in [0.15, 0.2) is 18.3 Å². The number of ether oxygens (including phenoxy) is 2. The lowest BCUT2D eigenvalue weighted by Gasteiger charge is -2.37. The molecule has 3 rings (SSSR count). The lowest BCUT2D eigenvalue weighted by Crippen LogP contribution is -2.55. The van der Waals surface area contributed by atoms with Gasteiger partial charge in [0.1, 0.15) is 17.0 Å². The molecule has 0 aromatic carbocycles. The van der Waals surface area contributed by atoms with E-state index in [0.29, 0.717) is 43.9 Å². The minimum absolute atomic E-state index is 0.158. The number of pyridine rings is 1. The van der Waals surface area contributed by atoms with Gasteiger partial charge in [0.15, 0.2) is 0 Å². The number of amides is 4. The second kappa shape index (κ2) is 10.2. The Hall–Kier alpha value is -3.21. The Balaban J connectivity index is 1.36. The number of hydrogen-bond acceptors (Lipinski definition) is 8. The topological polar surface area (TPSA) is 139 Å².